The van der Waals surface area contributed by atoms with E-state index in [0.29, 0.717) is 6.61 Å². The summed E-state index contributed by atoms with van der Waals surface area (Å²) in [5, 5.41) is 4.31. The molecule has 0 fully saturated rings. The second kappa shape index (κ2) is 3.93. The number of rotatable bonds is 2. The molecule has 2 heterocycles. The highest BCUT2D eigenvalue weighted by Crippen LogP contribution is 2.22. The third-order valence-electron chi connectivity index (χ3n) is 2.68. The molecule has 0 spiro atoms. The van der Waals surface area contributed by atoms with Crippen LogP contribution in [-0.4, -0.2) is 22.4 Å². The van der Waals surface area contributed by atoms with E-state index >= 15 is 0 Å². The quantitative estimate of drug-likeness (QED) is 0.841. The highest BCUT2D eigenvalue weighted by molar-refractivity contribution is 5.73. The Hall–Kier alpha value is -2.30. The summed E-state index contributed by atoms with van der Waals surface area (Å²) in [4.78, 5) is 4.18. The zero-order valence-electron chi connectivity index (χ0n) is 9.15. The molecule has 0 aliphatic carbocycles. The van der Waals surface area contributed by atoms with Gasteiger partial charge in [0.25, 0.3) is 6.02 Å². The van der Waals surface area contributed by atoms with Gasteiger partial charge in [-0.05, 0) is 12.1 Å². The number of ether oxygens (including phenoxy) is 1. The zero-order chi connectivity index (χ0) is 11.7. The number of aliphatic imine (C=N–C) groups is 1. The van der Waals surface area contributed by atoms with E-state index in [1.54, 1.807) is 6.20 Å². The van der Waals surface area contributed by atoms with Gasteiger partial charge in [0, 0.05) is 11.8 Å². The first kappa shape index (κ1) is 9.89. The van der Waals surface area contributed by atoms with Gasteiger partial charge in [-0.3, -0.25) is 0 Å². The van der Waals surface area contributed by atoms with Crippen molar-refractivity contribution in [2.75, 3.05) is 6.61 Å². The molecule has 1 aliphatic heterocycles. The molecular weight excluding hydrogens is 216 g/mol. The molecule has 0 radical (unpaired) electrons. The molecule has 0 saturated carbocycles. The van der Waals surface area contributed by atoms with Crippen molar-refractivity contribution in [2.24, 2.45) is 10.7 Å². The van der Waals surface area contributed by atoms with Gasteiger partial charge in [0.1, 0.15) is 12.6 Å². The first-order valence-electron chi connectivity index (χ1n) is 5.39. The predicted octanol–water partition coefficient (Wildman–Crippen LogP) is 1.26. The van der Waals surface area contributed by atoms with E-state index < -0.39 is 0 Å². The largest absolute Gasteiger partial charge is 0.463 e. The highest BCUT2D eigenvalue weighted by Gasteiger charge is 2.20. The maximum Gasteiger partial charge on any atom is 0.282 e. The lowest BCUT2D eigenvalue weighted by Crippen LogP contribution is -2.10. The fourth-order valence-electron chi connectivity index (χ4n) is 1.79. The Bertz CT molecular complexity index is 547. The minimum atomic E-state index is -0.0348. The number of nitrogens with two attached hydrogens (primary N) is 1. The summed E-state index contributed by atoms with van der Waals surface area (Å²) in [6, 6.07) is 10.1. The van der Waals surface area contributed by atoms with Crippen molar-refractivity contribution in [3.63, 3.8) is 0 Å². The zero-order valence-corrected chi connectivity index (χ0v) is 9.15. The molecule has 17 heavy (non-hydrogen) atoms. The average Bonchev–Trinajstić information content (AvgIpc) is 2.98. The first-order valence-corrected chi connectivity index (χ1v) is 5.39. The molecule has 2 aromatic rings. The van der Waals surface area contributed by atoms with Crippen molar-refractivity contribution in [2.45, 2.75) is 6.04 Å². The molecule has 5 heteroatoms. The molecule has 3 rings (SSSR count). The van der Waals surface area contributed by atoms with Crippen LogP contribution in [0.25, 0.3) is 5.69 Å². The smallest absolute Gasteiger partial charge is 0.282 e. The van der Waals surface area contributed by atoms with Crippen LogP contribution >= 0.6 is 0 Å². The van der Waals surface area contributed by atoms with Gasteiger partial charge >= 0.3 is 0 Å². The number of aromatic nitrogens is 2. The standard InChI is InChI=1S/C12H12N4O/c13-12-15-11(8-17-12)9-6-14-16(7-9)10-4-2-1-3-5-10/h1-7,11H,8H2,(H2,13,15). The van der Waals surface area contributed by atoms with Crippen molar-refractivity contribution in [1.29, 1.82) is 0 Å². The normalized spacial score (nSPS) is 18.8. The van der Waals surface area contributed by atoms with Gasteiger partial charge in [0.05, 0.1) is 11.9 Å². The molecule has 2 N–H and O–H groups in total. The molecule has 0 bridgehead atoms. The Morgan fingerprint density at radius 2 is 2.12 bits per heavy atom. The lowest BCUT2D eigenvalue weighted by molar-refractivity contribution is 0.315. The van der Waals surface area contributed by atoms with Gasteiger partial charge in [-0.2, -0.15) is 5.10 Å². The molecule has 1 aromatic carbocycles. The molecule has 1 aliphatic rings. The summed E-state index contributed by atoms with van der Waals surface area (Å²) in [5.41, 5.74) is 7.51. The first-order chi connectivity index (χ1) is 8.33. The number of nitrogens with zero attached hydrogens (tertiary/aromatic N) is 3. The molecule has 5 nitrogen and oxygen atoms in total. The average molecular weight is 228 g/mol. The van der Waals surface area contributed by atoms with Crippen molar-refractivity contribution >= 4 is 6.02 Å². The molecular formula is C12H12N4O. The minimum absolute atomic E-state index is 0.0348. The van der Waals surface area contributed by atoms with E-state index in [9.17, 15) is 0 Å². The van der Waals surface area contributed by atoms with Crippen molar-refractivity contribution < 1.29 is 4.74 Å². The van der Waals surface area contributed by atoms with Gasteiger partial charge in [-0.25, -0.2) is 9.67 Å². The molecule has 0 amide bonds. The number of amidine groups is 1. The number of benzene rings is 1. The van der Waals surface area contributed by atoms with Gasteiger partial charge in [-0.15, -0.1) is 0 Å². The number of para-hydroxylation sites is 1. The van der Waals surface area contributed by atoms with Gasteiger partial charge < -0.3 is 10.5 Å². The maximum atomic E-state index is 5.48. The van der Waals surface area contributed by atoms with Crippen molar-refractivity contribution in [3.8, 4) is 5.69 Å². The van der Waals surface area contributed by atoms with E-state index in [-0.39, 0.29) is 12.1 Å². The topological polar surface area (TPSA) is 65.4 Å². The summed E-state index contributed by atoms with van der Waals surface area (Å²) < 4.78 is 6.94. The number of hydrogen-bond donors (Lipinski definition) is 1. The fourth-order valence-corrected chi connectivity index (χ4v) is 1.79. The van der Waals surface area contributed by atoms with E-state index in [0.717, 1.165) is 11.3 Å². The van der Waals surface area contributed by atoms with Crippen LogP contribution in [0.4, 0.5) is 0 Å². The Kier molecular flexibility index (Phi) is 2.29. The Balaban J connectivity index is 1.89. The number of hydrogen-bond acceptors (Lipinski definition) is 4. The third-order valence-corrected chi connectivity index (χ3v) is 2.68. The van der Waals surface area contributed by atoms with E-state index in [4.69, 9.17) is 10.5 Å². The molecule has 86 valence electrons. The Labute approximate surface area is 98.5 Å². The van der Waals surface area contributed by atoms with Crippen LogP contribution < -0.4 is 5.73 Å². The molecule has 1 unspecified atom stereocenters. The molecule has 0 saturated heterocycles. The summed E-state index contributed by atoms with van der Waals surface area (Å²) in [5.74, 6) is 0. The van der Waals surface area contributed by atoms with Gasteiger partial charge in [0.15, 0.2) is 0 Å². The lowest BCUT2D eigenvalue weighted by Gasteiger charge is -2.01. The fraction of sp³-hybridized carbons (Fsp3) is 0.167. The van der Waals surface area contributed by atoms with Crippen LogP contribution in [0.3, 0.4) is 0 Å². The summed E-state index contributed by atoms with van der Waals surface area (Å²) in [7, 11) is 0. The summed E-state index contributed by atoms with van der Waals surface area (Å²) in [6.45, 7) is 0.492. The van der Waals surface area contributed by atoms with Gasteiger partial charge in [-0.1, -0.05) is 18.2 Å². The van der Waals surface area contributed by atoms with Gasteiger partial charge in [0.2, 0.25) is 0 Å². The van der Waals surface area contributed by atoms with Crippen LogP contribution in [0.15, 0.2) is 47.7 Å². The Morgan fingerprint density at radius 1 is 1.29 bits per heavy atom. The van der Waals surface area contributed by atoms with Crippen molar-refractivity contribution in [3.05, 3.63) is 48.3 Å². The SMILES string of the molecule is NC1=NC(c2cnn(-c3ccccc3)c2)CO1. The van der Waals surface area contributed by atoms with Crippen LogP contribution in [-0.2, 0) is 4.74 Å². The second-order valence-electron chi connectivity index (χ2n) is 3.85. The minimum Gasteiger partial charge on any atom is -0.463 e. The highest BCUT2D eigenvalue weighted by atomic mass is 16.5. The maximum absolute atomic E-state index is 5.48. The predicted molar refractivity (Wildman–Crippen MR) is 63.9 cm³/mol. The van der Waals surface area contributed by atoms with E-state index in [1.807, 2.05) is 41.2 Å². The second-order valence-corrected chi connectivity index (χ2v) is 3.85. The Morgan fingerprint density at radius 3 is 2.82 bits per heavy atom. The molecule has 1 aromatic heterocycles. The van der Waals surface area contributed by atoms with E-state index in [2.05, 4.69) is 10.1 Å². The van der Waals surface area contributed by atoms with Crippen LogP contribution in [0.1, 0.15) is 11.6 Å². The molecule has 1 atom stereocenters. The van der Waals surface area contributed by atoms with Crippen LogP contribution in [0.5, 0.6) is 0 Å². The van der Waals surface area contributed by atoms with Crippen LogP contribution in [0.2, 0.25) is 0 Å². The van der Waals surface area contributed by atoms with Crippen LogP contribution in [0, 0.1) is 0 Å². The lowest BCUT2D eigenvalue weighted by atomic mass is 10.2. The monoisotopic (exact) mass is 228 g/mol. The van der Waals surface area contributed by atoms with E-state index in [1.165, 1.54) is 0 Å². The van der Waals surface area contributed by atoms with Crippen molar-refractivity contribution in [1.82, 2.24) is 9.78 Å². The third kappa shape index (κ3) is 1.87. The summed E-state index contributed by atoms with van der Waals surface area (Å²) >= 11 is 0. The summed E-state index contributed by atoms with van der Waals surface area (Å²) in [6.07, 6.45) is 3.74.